The second-order valence-corrected chi connectivity index (χ2v) is 6.54. The molecule has 0 heterocycles. The minimum Gasteiger partial charge on any atom is -0.206 e. The molecular weight excluding hydrogens is 383 g/mol. The summed E-state index contributed by atoms with van der Waals surface area (Å²) in [5.41, 5.74) is 5.04. The van der Waals surface area contributed by atoms with Gasteiger partial charge in [-0.1, -0.05) is 54.0 Å². The Morgan fingerprint density at radius 3 is 2.15 bits per heavy atom. The highest BCUT2D eigenvalue weighted by molar-refractivity contribution is 9.10. The first-order valence-corrected chi connectivity index (χ1v) is 8.48. The Kier molecular flexibility index (Phi) is 5.39. The van der Waals surface area contributed by atoms with Crippen molar-refractivity contribution in [2.45, 2.75) is 31.5 Å². The van der Waals surface area contributed by atoms with Crippen LogP contribution in [0.4, 0.5) is 4.39 Å². The lowest BCUT2D eigenvalue weighted by molar-refractivity contribution is 0.620. The van der Waals surface area contributed by atoms with Crippen molar-refractivity contribution in [2.75, 3.05) is 0 Å². The summed E-state index contributed by atoms with van der Waals surface area (Å²) in [6, 6.07) is 11.7. The van der Waals surface area contributed by atoms with Gasteiger partial charge in [-0.3, -0.25) is 0 Å². The van der Waals surface area contributed by atoms with Gasteiger partial charge >= 0.3 is 0 Å². The van der Waals surface area contributed by atoms with Gasteiger partial charge in [-0.25, -0.2) is 4.39 Å². The molecule has 106 valence electrons. The fourth-order valence-corrected chi connectivity index (χ4v) is 3.31. The van der Waals surface area contributed by atoms with Crippen LogP contribution in [0, 0.1) is 5.82 Å². The molecule has 2 aromatic rings. The van der Waals surface area contributed by atoms with Crippen LogP contribution in [-0.2, 0) is 12.8 Å². The maximum Gasteiger partial charge on any atom is 0.137 e. The van der Waals surface area contributed by atoms with Crippen LogP contribution in [0.25, 0.3) is 0 Å². The number of aryl methyl sites for hydroxylation is 2. The monoisotopic (exact) mass is 398 g/mol. The van der Waals surface area contributed by atoms with Crippen LogP contribution in [0.3, 0.4) is 0 Å². The molecule has 0 spiro atoms. The first kappa shape index (κ1) is 15.7. The Morgan fingerprint density at radius 1 is 0.950 bits per heavy atom. The lowest BCUT2D eigenvalue weighted by atomic mass is 9.96. The van der Waals surface area contributed by atoms with E-state index in [4.69, 9.17) is 0 Å². The van der Waals surface area contributed by atoms with Crippen molar-refractivity contribution in [3.05, 3.63) is 68.9 Å². The molecule has 1 unspecified atom stereocenters. The van der Waals surface area contributed by atoms with E-state index in [2.05, 4.69) is 63.9 Å². The molecule has 0 amide bonds. The quantitative estimate of drug-likeness (QED) is 0.537. The molecule has 2 aromatic carbocycles. The zero-order valence-electron chi connectivity index (χ0n) is 11.6. The number of alkyl halides is 1. The largest absolute Gasteiger partial charge is 0.206 e. The predicted molar refractivity (Wildman–Crippen MR) is 90.1 cm³/mol. The molecule has 0 nitrogen and oxygen atoms in total. The second kappa shape index (κ2) is 6.86. The van der Waals surface area contributed by atoms with Crippen molar-refractivity contribution < 1.29 is 4.39 Å². The van der Waals surface area contributed by atoms with Gasteiger partial charge in [-0.2, -0.15) is 0 Å². The minimum absolute atomic E-state index is 0.0793. The van der Waals surface area contributed by atoms with E-state index in [1.165, 1.54) is 22.8 Å². The number of halogens is 3. The van der Waals surface area contributed by atoms with Gasteiger partial charge in [0.1, 0.15) is 5.82 Å². The summed E-state index contributed by atoms with van der Waals surface area (Å²) < 4.78 is 13.8. The van der Waals surface area contributed by atoms with Crippen LogP contribution in [-0.4, -0.2) is 0 Å². The van der Waals surface area contributed by atoms with Gasteiger partial charge in [-0.05, 0) is 63.2 Å². The SMILES string of the molecule is CCc1ccc(C(Br)c2ccc(F)c(Br)c2)cc1CC. The Labute approximate surface area is 136 Å². The molecule has 0 fully saturated rings. The summed E-state index contributed by atoms with van der Waals surface area (Å²) in [6.45, 7) is 4.35. The van der Waals surface area contributed by atoms with E-state index < -0.39 is 0 Å². The molecule has 0 aromatic heterocycles. The number of rotatable bonds is 4. The lowest BCUT2D eigenvalue weighted by Crippen LogP contribution is -1.98. The Hall–Kier alpha value is -0.670. The topological polar surface area (TPSA) is 0 Å². The zero-order valence-corrected chi connectivity index (χ0v) is 14.8. The van der Waals surface area contributed by atoms with Gasteiger partial charge < -0.3 is 0 Å². The van der Waals surface area contributed by atoms with Crippen molar-refractivity contribution in [1.82, 2.24) is 0 Å². The molecular formula is C17H17Br2F. The molecule has 0 aliphatic heterocycles. The van der Waals surface area contributed by atoms with Crippen LogP contribution >= 0.6 is 31.9 Å². The van der Waals surface area contributed by atoms with Crippen LogP contribution in [0.1, 0.15) is 40.9 Å². The first-order chi connectivity index (χ1) is 9.56. The van der Waals surface area contributed by atoms with E-state index in [0.29, 0.717) is 4.47 Å². The van der Waals surface area contributed by atoms with E-state index in [9.17, 15) is 4.39 Å². The molecule has 2 rings (SSSR count). The molecule has 3 heteroatoms. The average Bonchev–Trinajstić information content (AvgIpc) is 2.48. The highest BCUT2D eigenvalue weighted by Crippen LogP contribution is 2.34. The Balaban J connectivity index is 2.37. The number of benzene rings is 2. The van der Waals surface area contributed by atoms with Crippen LogP contribution in [0.5, 0.6) is 0 Å². The lowest BCUT2D eigenvalue weighted by Gasteiger charge is -2.15. The van der Waals surface area contributed by atoms with Gasteiger partial charge in [0.2, 0.25) is 0 Å². The highest BCUT2D eigenvalue weighted by atomic mass is 79.9. The smallest absolute Gasteiger partial charge is 0.137 e. The highest BCUT2D eigenvalue weighted by Gasteiger charge is 2.13. The molecule has 20 heavy (non-hydrogen) atoms. The van der Waals surface area contributed by atoms with Crippen molar-refractivity contribution in [1.29, 1.82) is 0 Å². The molecule has 0 bridgehead atoms. The minimum atomic E-state index is -0.232. The van der Waals surface area contributed by atoms with Gasteiger partial charge in [-0.15, -0.1) is 0 Å². The maximum absolute atomic E-state index is 13.3. The third-order valence-electron chi connectivity index (χ3n) is 3.52. The normalized spacial score (nSPS) is 12.4. The summed E-state index contributed by atoms with van der Waals surface area (Å²) in [5.74, 6) is -0.232. The first-order valence-electron chi connectivity index (χ1n) is 6.77. The van der Waals surface area contributed by atoms with Crippen molar-refractivity contribution in [3.8, 4) is 0 Å². The fraction of sp³-hybridized carbons (Fsp3) is 0.294. The van der Waals surface area contributed by atoms with Crippen molar-refractivity contribution >= 4 is 31.9 Å². The zero-order chi connectivity index (χ0) is 14.7. The van der Waals surface area contributed by atoms with E-state index in [0.717, 1.165) is 18.4 Å². The van der Waals surface area contributed by atoms with Crippen molar-refractivity contribution in [2.24, 2.45) is 0 Å². The number of hydrogen-bond acceptors (Lipinski definition) is 0. The van der Waals surface area contributed by atoms with Crippen molar-refractivity contribution in [3.63, 3.8) is 0 Å². The van der Waals surface area contributed by atoms with Gasteiger partial charge in [0, 0.05) is 0 Å². The summed E-state index contributed by atoms with van der Waals surface area (Å²) in [4.78, 5) is 0.0793. The summed E-state index contributed by atoms with van der Waals surface area (Å²) in [7, 11) is 0. The van der Waals surface area contributed by atoms with Gasteiger partial charge in [0.15, 0.2) is 0 Å². The third kappa shape index (κ3) is 3.32. The second-order valence-electron chi connectivity index (χ2n) is 4.77. The average molecular weight is 400 g/mol. The Morgan fingerprint density at radius 2 is 1.55 bits per heavy atom. The molecule has 0 radical (unpaired) electrons. The predicted octanol–water partition coefficient (Wildman–Crippen LogP) is 6.20. The van der Waals surface area contributed by atoms with Crippen LogP contribution in [0.15, 0.2) is 40.9 Å². The van der Waals surface area contributed by atoms with E-state index >= 15 is 0 Å². The van der Waals surface area contributed by atoms with E-state index in [1.807, 2.05) is 12.1 Å². The molecule has 0 aliphatic rings. The van der Waals surface area contributed by atoms with E-state index in [1.54, 1.807) is 0 Å². The third-order valence-corrected chi connectivity index (χ3v) is 5.19. The van der Waals surface area contributed by atoms with Gasteiger partial charge in [0.25, 0.3) is 0 Å². The molecule has 1 atom stereocenters. The Bertz CT molecular complexity index is 608. The summed E-state index contributed by atoms with van der Waals surface area (Å²) in [5, 5.41) is 0. The standard InChI is InChI=1S/C17H17Br2F/c1-3-11-5-6-13(9-12(11)4-2)17(19)14-7-8-16(20)15(18)10-14/h5-10,17H,3-4H2,1-2H3. The summed E-state index contributed by atoms with van der Waals surface area (Å²) in [6.07, 6.45) is 2.09. The van der Waals surface area contributed by atoms with Crippen LogP contribution < -0.4 is 0 Å². The number of hydrogen-bond donors (Lipinski definition) is 0. The van der Waals surface area contributed by atoms with Crippen LogP contribution in [0.2, 0.25) is 0 Å². The molecule has 0 N–H and O–H groups in total. The summed E-state index contributed by atoms with van der Waals surface area (Å²) >= 11 is 6.96. The molecule has 0 saturated heterocycles. The van der Waals surface area contributed by atoms with E-state index in [-0.39, 0.29) is 10.6 Å². The van der Waals surface area contributed by atoms with Gasteiger partial charge in [0.05, 0.1) is 9.30 Å². The molecule has 0 saturated carbocycles. The fourth-order valence-electron chi connectivity index (χ4n) is 2.34. The maximum atomic E-state index is 13.3. The molecule has 0 aliphatic carbocycles.